The largest absolute Gasteiger partial charge is 0.272 e. The van der Waals surface area contributed by atoms with Crippen molar-refractivity contribution in [1.29, 1.82) is 0 Å². The molecule has 0 saturated carbocycles. The number of benzene rings is 3. The number of nitrogens with zero attached hydrogens (tertiary/aromatic N) is 3. The van der Waals surface area contributed by atoms with Crippen molar-refractivity contribution in [3.63, 3.8) is 0 Å². The molecular weight excluding hydrogens is 431 g/mol. The summed E-state index contributed by atoms with van der Waals surface area (Å²) in [5, 5.41) is 9.60. The first-order valence-electron chi connectivity index (χ1n) is 9.52. The van der Waals surface area contributed by atoms with Crippen LogP contribution in [0.4, 0.5) is 0 Å². The van der Waals surface area contributed by atoms with E-state index in [-0.39, 0.29) is 5.02 Å². The maximum absolute atomic E-state index is 12.4. The SMILES string of the molecule is Cc1cccc(-c2nn(-c3ccccc3)cc2/C=N/NC(=O)c2ccc(Cl)cc2Cl)c1. The molecule has 154 valence electrons. The molecule has 0 radical (unpaired) electrons. The predicted octanol–water partition coefficient (Wildman–Crippen LogP) is 5.92. The van der Waals surface area contributed by atoms with Crippen molar-refractivity contribution in [2.24, 2.45) is 5.10 Å². The van der Waals surface area contributed by atoms with Crippen molar-refractivity contribution in [1.82, 2.24) is 15.2 Å². The fourth-order valence-corrected chi connectivity index (χ4v) is 3.60. The molecule has 0 saturated heterocycles. The topological polar surface area (TPSA) is 59.3 Å². The number of hydrogen-bond acceptors (Lipinski definition) is 3. The Hall–Kier alpha value is -3.41. The fraction of sp³-hybridized carbons (Fsp3) is 0.0417. The van der Waals surface area contributed by atoms with E-state index in [0.29, 0.717) is 10.6 Å². The molecule has 1 amide bonds. The molecular formula is C24H18Cl2N4O. The number of carbonyl (C=O) groups excluding carboxylic acids is 1. The highest BCUT2D eigenvalue weighted by atomic mass is 35.5. The van der Waals surface area contributed by atoms with Crippen molar-refractivity contribution < 1.29 is 4.79 Å². The second-order valence-corrected chi connectivity index (χ2v) is 7.75. The van der Waals surface area contributed by atoms with Crippen LogP contribution in [0.25, 0.3) is 16.9 Å². The van der Waals surface area contributed by atoms with Gasteiger partial charge in [0.2, 0.25) is 0 Å². The number of hydrazone groups is 1. The molecule has 0 aliphatic heterocycles. The Morgan fingerprint density at radius 2 is 1.84 bits per heavy atom. The molecule has 0 fully saturated rings. The smallest absolute Gasteiger partial charge is 0.267 e. The van der Waals surface area contributed by atoms with E-state index >= 15 is 0 Å². The predicted molar refractivity (Wildman–Crippen MR) is 125 cm³/mol. The van der Waals surface area contributed by atoms with Gasteiger partial charge in [-0.1, -0.05) is 65.2 Å². The Bertz CT molecular complexity index is 1270. The third-order valence-corrected chi connectivity index (χ3v) is 5.15. The highest BCUT2D eigenvalue weighted by molar-refractivity contribution is 6.36. The van der Waals surface area contributed by atoms with Crippen LogP contribution in [0.3, 0.4) is 0 Å². The number of aromatic nitrogens is 2. The van der Waals surface area contributed by atoms with Crippen LogP contribution in [0.5, 0.6) is 0 Å². The van der Waals surface area contributed by atoms with Crippen molar-refractivity contribution in [3.8, 4) is 16.9 Å². The van der Waals surface area contributed by atoms with Crippen LogP contribution in [0.1, 0.15) is 21.5 Å². The Morgan fingerprint density at radius 3 is 2.58 bits per heavy atom. The van der Waals surface area contributed by atoms with Crippen molar-refractivity contribution >= 4 is 35.3 Å². The minimum atomic E-state index is -0.425. The standard InChI is InChI=1S/C24H18Cl2N4O/c1-16-6-5-7-17(12-16)23-18(15-30(29-23)20-8-3-2-4-9-20)14-27-28-24(31)21-11-10-19(25)13-22(21)26/h2-15H,1H3,(H,28,31)/b27-14+. The van der Waals surface area contributed by atoms with Gasteiger partial charge in [-0.3, -0.25) is 4.79 Å². The van der Waals surface area contributed by atoms with Gasteiger partial charge in [-0.15, -0.1) is 0 Å². The average Bonchev–Trinajstić information content (AvgIpc) is 3.18. The lowest BCUT2D eigenvalue weighted by Crippen LogP contribution is -2.18. The van der Waals surface area contributed by atoms with Gasteiger partial charge in [0.15, 0.2) is 0 Å². The summed E-state index contributed by atoms with van der Waals surface area (Å²) in [4.78, 5) is 12.4. The zero-order valence-electron chi connectivity index (χ0n) is 16.6. The molecule has 0 aliphatic carbocycles. The Labute approximate surface area is 189 Å². The summed E-state index contributed by atoms with van der Waals surface area (Å²) in [6.07, 6.45) is 3.45. The van der Waals surface area contributed by atoms with Crippen LogP contribution < -0.4 is 5.43 Å². The van der Waals surface area contributed by atoms with Gasteiger partial charge < -0.3 is 0 Å². The summed E-state index contributed by atoms with van der Waals surface area (Å²) in [6, 6.07) is 22.5. The third-order valence-electron chi connectivity index (χ3n) is 4.60. The first-order valence-corrected chi connectivity index (χ1v) is 10.3. The number of hydrogen-bond donors (Lipinski definition) is 1. The number of para-hydroxylation sites is 1. The molecule has 0 unspecified atom stereocenters. The zero-order valence-corrected chi connectivity index (χ0v) is 18.1. The van der Waals surface area contributed by atoms with Crippen LogP contribution in [0, 0.1) is 6.92 Å². The molecule has 3 aromatic carbocycles. The van der Waals surface area contributed by atoms with Gasteiger partial charge in [0.25, 0.3) is 5.91 Å². The monoisotopic (exact) mass is 448 g/mol. The van der Waals surface area contributed by atoms with Crippen LogP contribution in [-0.2, 0) is 0 Å². The van der Waals surface area contributed by atoms with Crippen molar-refractivity contribution in [2.75, 3.05) is 0 Å². The minimum Gasteiger partial charge on any atom is -0.267 e. The normalized spacial score (nSPS) is 11.1. The van der Waals surface area contributed by atoms with Gasteiger partial charge in [0, 0.05) is 22.3 Å². The van der Waals surface area contributed by atoms with E-state index in [0.717, 1.165) is 28.1 Å². The maximum Gasteiger partial charge on any atom is 0.272 e. The molecule has 7 heteroatoms. The van der Waals surface area contributed by atoms with Crippen molar-refractivity contribution in [3.05, 3.63) is 106 Å². The maximum atomic E-state index is 12.4. The van der Waals surface area contributed by atoms with Gasteiger partial charge in [0.05, 0.1) is 22.5 Å². The van der Waals surface area contributed by atoms with E-state index in [9.17, 15) is 4.79 Å². The van der Waals surface area contributed by atoms with Crippen LogP contribution in [0.2, 0.25) is 10.0 Å². The van der Waals surface area contributed by atoms with Gasteiger partial charge in [-0.25, -0.2) is 10.1 Å². The van der Waals surface area contributed by atoms with E-state index in [2.05, 4.69) is 16.6 Å². The van der Waals surface area contributed by atoms with Gasteiger partial charge in [-0.05, 0) is 43.3 Å². The number of rotatable bonds is 5. The highest BCUT2D eigenvalue weighted by Crippen LogP contribution is 2.24. The minimum absolute atomic E-state index is 0.262. The van der Waals surface area contributed by atoms with E-state index in [1.807, 2.05) is 61.7 Å². The van der Waals surface area contributed by atoms with E-state index < -0.39 is 5.91 Å². The molecule has 31 heavy (non-hydrogen) atoms. The molecule has 1 N–H and O–H groups in total. The van der Waals surface area contributed by atoms with E-state index in [1.165, 1.54) is 6.07 Å². The van der Waals surface area contributed by atoms with Crippen LogP contribution in [-0.4, -0.2) is 21.9 Å². The van der Waals surface area contributed by atoms with Crippen molar-refractivity contribution in [2.45, 2.75) is 6.92 Å². The van der Waals surface area contributed by atoms with Crippen LogP contribution >= 0.6 is 23.2 Å². The second-order valence-electron chi connectivity index (χ2n) is 6.91. The summed E-state index contributed by atoms with van der Waals surface area (Å²) < 4.78 is 1.79. The van der Waals surface area contributed by atoms with Gasteiger partial charge in [0.1, 0.15) is 5.69 Å². The average molecular weight is 449 g/mol. The lowest BCUT2D eigenvalue weighted by Gasteiger charge is -2.03. The number of aryl methyl sites for hydroxylation is 1. The quantitative estimate of drug-likeness (QED) is 0.304. The first kappa shape index (κ1) is 20.8. The molecule has 0 spiro atoms. The molecule has 0 aliphatic rings. The number of halogens is 2. The molecule has 4 aromatic rings. The Morgan fingerprint density at radius 1 is 1.03 bits per heavy atom. The van der Waals surface area contributed by atoms with Gasteiger partial charge >= 0.3 is 0 Å². The molecule has 5 nitrogen and oxygen atoms in total. The highest BCUT2D eigenvalue weighted by Gasteiger charge is 2.13. The number of nitrogens with one attached hydrogen (secondary N) is 1. The summed E-state index contributed by atoms with van der Waals surface area (Å²) >= 11 is 12.0. The molecule has 0 bridgehead atoms. The summed E-state index contributed by atoms with van der Waals surface area (Å²) in [5.41, 5.74) is 7.34. The lowest BCUT2D eigenvalue weighted by molar-refractivity contribution is 0.0955. The number of carbonyl (C=O) groups is 1. The second kappa shape index (κ2) is 9.16. The number of amides is 1. The fourth-order valence-electron chi connectivity index (χ4n) is 3.11. The summed E-state index contributed by atoms with van der Waals surface area (Å²) in [5.74, 6) is -0.425. The third kappa shape index (κ3) is 4.85. The molecule has 1 aromatic heterocycles. The molecule has 0 atom stereocenters. The Kier molecular flexibility index (Phi) is 6.16. The summed E-state index contributed by atoms with van der Waals surface area (Å²) in [7, 11) is 0. The van der Waals surface area contributed by atoms with Gasteiger partial charge in [-0.2, -0.15) is 10.2 Å². The first-order chi connectivity index (χ1) is 15.0. The Balaban J connectivity index is 1.64. The zero-order chi connectivity index (χ0) is 21.8. The van der Waals surface area contributed by atoms with E-state index in [4.69, 9.17) is 28.3 Å². The lowest BCUT2D eigenvalue weighted by atomic mass is 10.1. The summed E-state index contributed by atoms with van der Waals surface area (Å²) in [6.45, 7) is 2.03. The van der Waals surface area contributed by atoms with Crippen LogP contribution in [0.15, 0.2) is 84.1 Å². The molecule has 1 heterocycles. The molecule has 4 rings (SSSR count). The van der Waals surface area contributed by atoms with E-state index in [1.54, 1.807) is 23.0 Å².